The lowest BCUT2D eigenvalue weighted by Crippen LogP contribution is -2.60. The van der Waals surface area contributed by atoms with E-state index in [2.05, 4.69) is 25.8 Å². The van der Waals surface area contributed by atoms with E-state index in [0.717, 1.165) is 54.6 Å². The second-order valence-electron chi connectivity index (χ2n) is 15.3. The number of hydrogen-bond donors (Lipinski definition) is 5. The maximum atomic E-state index is 13.2. The third-order valence-corrected chi connectivity index (χ3v) is 11.1. The minimum absolute atomic E-state index is 0.00477. The zero-order valence-corrected chi connectivity index (χ0v) is 31.1. The number of para-hydroxylation sites is 1. The summed E-state index contributed by atoms with van der Waals surface area (Å²) in [6, 6.07) is 11.2. The van der Waals surface area contributed by atoms with E-state index in [9.17, 15) is 14.4 Å². The van der Waals surface area contributed by atoms with Gasteiger partial charge in [0.15, 0.2) is 0 Å². The van der Waals surface area contributed by atoms with Gasteiger partial charge in [0.2, 0.25) is 5.91 Å². The summed E-state index contributed by atoms with van der Waals surface area (Å²) in [5.41, 5.74) is 18.2. The molecule has 2 aromatic heterocycles. The molecule has 3 aromatic rings. The molecule has 55 heavy (non-hydrogen) atoms. The molecule has 17 heteroatoms. The first-order chi connectivity index (χ1) is 26.4. The summed E-state index contributed by atoms with van der Waals surface area (Å²) in [6.07, 6.45) is 7.65. The molecule has 2 saturated carbocycles. The lowest BCUT2D eigenvalue weighted by atomic mass is 9.57. The van der Waals surface area contributed by atoms with Gasteiger partial charge in [-0.15, -0.1) is 0 Å². The first-order valence-electron chi connectivity index (χ1n) is 18.8. The number of likely N-dealkylation sites (tertiary alicyclic amines) is 2. The van der Waals surface area contributed by atoms with Crippen molar-refractivity contribution in [1.82, 2.24) is 35.2 Å². The maximum Gasteiger partial charge on any atom is 0.272 e. The van der Waals surface area contributed by atoms with Crippen LogP contribution in [0.1, 0.15) is 60.0 Å². The van der Waals surface area contributed by atoms with Gasteiger partial charge in [-0.25, -0.2) is 4.98 Å². The highest BCUT2D eigenvalue weighted by molar-refractivity contribution is 6.39. The highest BCUT2D eigenvalue weighted by Crippen LogP contribution is 2.45. The molecule has 0 spiro atoms. The summed E-state index contributed by atoms with van der Waals surface area (Å²) >= 11 is 0. The number of aromatic nitrogens is 3. The van der Waals surface area contributed by atoms with Crippen LogP contribution in [-0.4, -0.2) is 110 Å². The van der Waals surface area contributed by atoms with Gasteiger partial charge in [0.05, 0.1) is 63.3 Å². The number of benzene rings is 1. The number of fused-ring (bicyclic) bond motifs is 3. The summed E-state index contributed by atoms with van der Waals surface area (Å²) in [5.74, 6) is -0.670. The van der Waals surface area contributed by atoms with E-state index in [-0.39, 0.29) is 53.1 Å². The quantitative estimate of drug-likeness (QED) is 0.101. The van der Waals surface area contributed by atoms with E-state index < -0.39 is 11.2 Å². The number of pyridine rings is 1. The van der Waals surface area contributed by atoms with Gasteiger partial charge in [-0.3, -0.25) is 19.1 Å². The Morgan fingerprint density at radius 3 is 2.47 bits per heavy atom. The van der Waals surface area contributed by atoms with Gasteiger partial charge in [0, 0.05) is 75.2 Å². The first kappa shape index (κ1) is 36.7. The zero-order valence-electron chi connectivity index (χ0n) is 31.1. The molecule has 2 aliphatic carbocycles. The lowest BCUT2D eigenvalue weighted by molar-refractivity contribution is -0.121. The van der Waals surface area contributed by atoms with Gasteiger partial charge in [-0.05, 0) is 55.6 Å². The molecule has 3 amide bonds. The number of anilines is 2. The molecule has 7 N–H and O–H groups in total. The predicted molar refractivity (Wildman–Crippen MR) is 208 cm³/mol. The molecule has 282 valence electrons. The Morgan fingerprint density at radius 2 is 1.76 bits per heavy atom. The van der Waals surface area contributed by atoms with Crippen molar-refractivity contribution in [2.24, 2.45) is 17.4 Å². The van der Waals surface area contributed by atoms with Crippen LogP contribution in [0, 0.1) is 5.92 Å². The average molecular weight is 741 g/mol. The fourth-order valence-electron chi connectivity index (χ4n) is 7.50. The van der Waals surface area contributed by atoms with Crippen molar-refractivity contribution >= 4 is 44.8 Å². The van der Waals surface area contributed by atoms with Crippen LogP contribution in [0.15, 0.2) is 65.9 Å². The molecule has 4 radical (unpaired) electrons. The van der Waals surface area contributed by atoms with E-state index in [4.69, 9.17) is 37.0 Å². The molecule has 8 rings (SSSR count). The Balaban J connectivity index is 0.999. The minimum Gasteiger partial charge on any atom is -0.393 e. The monoisotopic (exact) mass is 741 g/mol. The lowest BCUT2D eigenvalue weighted by Gasteiger charge is -2.50. The second kappa shape index (κ2) is 14.4. The summed E-state index contributed by atoms with van der Waals surface area (Å²) in [5, 5.41) is 12.5. The SMILES string of the molecule is [B]C([B])(c1cccc(C(=O)N2CCC(OC)C2)n1)N1CC(n2ncc3c2CN(C)c2c(NC(/C=C(\N)NC(=O)C4CC4)=C(/N)C(=O)NC4CC4)cccc2-3)C1. The van der Waals surface area contributed by atoms with Crippen molar-refractivity contribution in [2.75, 3.05) is 50.6 Å². The largest absolute Gasteiger partial charge is 0.393 e. The van der Waals surface area contributed by atoms with Crippen LogP contribution in [0.4, 0.5) is 11.4 Å². The number of nitrogens with zero attached hydrogens (tertiary/aromatic N) is 6. The van der Waals surface area contributed by atoms with E-state index in [1.54, 1.807) is 30.2 Å². The number of hydrogen-bond acceptors (Lipinski definition) is 11. The highest BCUT2D eigenvalue weighted by atomic mass is 16.5. The number of carbonyl (C=O) groups excluding carboxylic acids is 3. The van der Waals surface area contributed by atoms with Crippen LogP contribution in [0.2, 0.25) is 0 Å². The fraction of sp³-hybridized carbons (Fsp3) is 0.447. The molecule has 5 aliphatic rings. The van der Waals surface area contributed by atoms with Crippen LogP contribution in [0.25, 0.3) is 11.1 Å². The summed E-state index contributed by atoms with van der Waals surface area (Å²) in [6.45, 7) is 2.74. The number of nitrogens with one attached hydrogen (secondary N) is 3. The topological polar surface area (TPSA) is 189 Å². The molecule has 5 heterocycles. The predicted octanol–water partition coefficient (Wildman–Crippen LogP) is 0.947. The van der Waals surface area contributed by atoms with Crippen LogP contribution in [0.5, 0.6) is 0 Å². The van der Waals surface area contributed by atoms with Crippen molar-refractivity contribution in [3.8, 4) is 11.1 Å². The zero-order chi connectivity index (χ0) is 38.6. The van der Waals surface area contributed by atoms with Crippen molar-refractivity contribution in [1.29, 1.82) is 0 Å². The number of methoxy groups -OCH3 is 1. The van der Waals surface area contributed by atoms with Gasteiger partial charge in [-0.2, -0.15) is 5.10 Å². The third-order valence-electron chi connectivity index (χ3n) is 11.1. The molecule has 15 nitrogen and oxygen atoms in total. The van der Waals surface area contributed by atoms with E-state index in [1.165, 1.54) is 6.08 Å². The minimum atomic E-state index is -1.40. The molecule has 0 bridgehead atoms. The van der Waals surface area contributed by atoms with Gasteiger partial charge in [0.1, 0.15) is 17.2 Å². The molecular formula is C38H45B2N11O4. The second-order valence-corrected chi connectivity index (χ2v) is 15.3. The molecule has 3 aliphatic heterocycles. The Hall–Kier alpha value is -5.28. The molecular weight excluding hydrogens is 696 g/mol. The number of amides is 3. The smallest absolute Gasteiger partial charge is 0.272 e. The van der Waals surface area contributed by atoms with Crippen molar-refractivity contribution < 1.29 is 19.1 Å². The summed E-state index contributed by atoms with van der Waals surface area (Å²) in [7, 11) is 17.1. The standard InChI is InChI=1S/C38H45B2N11O4/c1-48-20-30-26(16-43-51(30)23-17-50(18-23)38(39,40)31-8-4-7-28(46-31)37(54)49-14-13-24(19-49)55-2)25-5-3-6-27(34(25)48)45-29(33(42)36(53)44-22-11-12-22)15-32(41)47-35(52)21-9-10-21/h3-8,15-16,21-24,45H,9-14,17-20,41-42H2,1-2H3,(H,44,53)(H,47,52)/b32-15+,33-29+. The molecule has 2 saturated heterocycles. The Labute approximate surface area is 322 Å². The van der Waals surface area contributed by atoms with Crippen molar-refractivity contribution in [3.63, 3.8) is 0 Å². The van der Waals surface area contributed by atoms with Gasteiger partial charge >= 0.3 is 0 Å². The van der Waals surface area contributed by atoms with E-state index >= 15 is 0 Å². The van der Waals surface area contributed by atoms with E-state index in [1.807, 2.05) is 41.0 Å². The van der Waals surface area contributed by atoms with E-state index in [0.29, 0.717) is 49.8 Å². The number of allylic oxidation sites excluding steroid dienone is 1. The maximum absolute atomic E-state index is 13.2. The van der Waals surface area contributed by atoms with Crippen LogP contribution in [0.3, 0.4) is 0 Å². The molecule has 4 fully saturated rings. The third kappa shape index (κ3) is 7.30. The van der Waals surface area contributed by atoms with Gasteiger partial charge in [0.25, 0.3) is 11.8 Å². The first-order valence-corrected chi connectivity index (χ1v) is 18.8. The van der Waals surface area contributed by atoms with Crippen LogP contribution < -0.4 is 32.3 Å². The van der Waals surface area contributed by atoms with Crippen LogP contribution >= 0.6 is 0 Å². The Bertz CT molecular complexity index is 2090. The number of rotatable bonds is 12. The molecule has 1 aromatic carbocycles. The average Bonchev–Trinajstić information content (AvgIpc) is 4.08. The van der Waals surface area contributed by atoms with Crippen LogP contribution in [-0.2, 0) is 26.2 Å². The summed E-state index contributed by atoms with van der Waals surface area (Å²) < 4.78 is 7.46. The molecule has 1 atom stereocenters. The van der Waals surface area contributed by atoms with Gasteiger partial charge in [-0.1, -0.05) is 18.2 Å². The van der Waals surface area contributed by atoms with Gasteiger partial charge < -0.3 is 46.9 Å². The Kier molecular flexibility index (Phi) is 9.62. The number of carbonyl (C=O) groups is 3. The van der Waals surface area contributed by atoms with Crippen molar-refractivity contribution in [3.05, 3.63) is 83.0 Å². The Morgan fingerprint density at radius 1 is 1.00 bits per heavy atom. The normalized spacial score (nSPS) is 20.6. The van der Waals surface area contributed by atoms with Crippen molar-refractivity contribution in [2.45, 2.75) is 62.2 Å². The summed E-state index contributed by atoms with van der Waals surface area (Å²) in [4.78, 5) is 49.2. The molecule has 1 unspecified atom stereocenters. The number of nitrogens with two attached hydrogens (primary N) is 2. The number of ether oxygens (including phenoxy) is 1. The fourth-order valence-corrected chi connectivity index (χ4v) is 7.50. The highest BCUT2D eigenvalue weighted by Gasteiger charge is 2.42.